The fourth-order valence-corrected chi connectivity index (χ4v) is 1.95. The van der Waals surface area contributed by atoms with Gasteiger partial charge in [-0.1, -0.05) is 23.7 Å². The van der Waals surface area contributed by atoms with E-state index in [4.69, 9.17) is 22.3 Å². The first-order chi connectivity index (χ1) is 7.21. The second-order valence-corrected chi connectivity index (χ2v) is 6.54. The Bertz CT molecular complexity index is 457. The number of rotatable bonds is 4. The summed E-state index contributed by atoms with van der Waals surface area (Å²) in [7, 11) is 0.962. The van der Waals surface area contributed by atoms with E-state index >= 15 is 0 Å². The molecule has 1 aromatic rings. The van der Waals surface area contributed by atoms with Gasteiger partial charge < -0.3 is 0 Å². The van der Waals surface area contributed by atoms with Gasteiger partial charge in [-0.3, -0.25) is 0 Å². The van der Waals surface area contributed by atoms with Gasteiger partial charge in [-0.25, -0.2) is 17.2 Å². The van der Waals surface area contributed by atoms with E-state index in [1.807, 2.05) is 0 Å². The molecule has 7 heteroatoms. The van der Waals surface area contributed by atoms with Gasteiger partial charge in [0.05, 0.1) is 5.75 Å². The molecule has 0 aromatic heterocycles. The summed E-state index contributed by atoms with van der Waals surface area (Å²) in [5.74, 6) is -4.00. The molecule has 16 heavy (non-hydrogen) atoms. The van der Waals surface area contributed by atoms with Gasteiger partial charge >= 0.3 is 0 Å². The van der Waals surface area contributed by atoms with Crippen molar-refractivity contribution in [3.8, 4) is 0 Å². The highest BCUT2D eigenvalue weighted by atomic mass is 35.7. The Labute approximate surface area is 102 Å². The first-order valence-electron chi connectivity index (χ1n) is 4.27. The molecule has 0 saturated heterocycles. The normalized spacial score (nSPS) is 12.8. The lowest BCUT2D eigenvalue weighted by Crippen LogP contribution is -2.17. The predicted octanol–water partition coefficient (Wildman–Crippen LogP) is 3.39. The molecule has 2 nitrogen and oxygen atoms in total. The second kappa shape index (κ2) is 4.85. The third kappa shape index (κ3) is 4.23. The maximum Gasteiger partial charge on any atom is 0.274 e. The number of halogens is 4. The topological polar surface area (TPSA) is 34.1 Å². The van der Waals surface area contributed by atoms with Crippen LogP contribution in [-0.2, 0) is 15.0 Å². The van der Waals surface area contributed by atoms with Crippen molar-refractivity contribution in [2.24, 2.45) is 0 Å². The van der Waals surface area contributed by atoms with E-state index in [-0.39, 0.29) is 5.56 Å². The highest BCUT2D eigenvalue weighted by molar-refractivity contribution is 8.13. The average molecular weight is 289 g/mol. The molecule has 90 valence electrons. The average Bonchev–Trinajstić information content (AvgIpc) is 2.15. The third-order valence-electron chi connectivity index (χ3n) is 1.93. The molecular weight excluding hydrogens is 281 g/mol. The van der Waals surface area contributed by atoms with Gasteiger partial charge in [0.15, 0.2) is 0 Å². The molecule has 0 aliphatic rings. The van der Waals surface area contributed by atoms with Gasteiger partial charge in [0, 0.05) is 27.7 Å². The Hall–Kier alpha value is -0.390. The van der Waals surface area contributed by atoms with Crippen LogP contribution in [0.1, 0.15) is 12.0 Å². The zero-order valence-electron chi connectivity index (χ0n) is 7.96. The predicted molar refractivity (Wildman–Crippen MR) is 59.6 cm³/mol. The van der Waals surface area contributed by atoms with Crippen LogP contribution >= 0.6 is 22.3 Å². The van der Waals surface area contributed by atoms with Gasteiger partial charge in [0.2, 0.25) is 9.05 Å². The summed E-state index contributed by atoms with van der Waals surface area (Å²) in [6, 6.07) is 4.95. The monoisotopic (exact) mass is 288 g/mol. The molecule has 0 N–H and O–H groups in total. The lowest BCUT2D eigenvalue weighted by atomic mass is 10.1. The zero-order chi connectivity index (χ0) is 12.4. The van der Waals surface area contributed by atoms with Crippen molar-refractivity contribution in [3.05, 3.63) is 34.9 Å². The van der Waals surface area contributed by atoms with Crippen LogP contribution in [0.3, 0.4) is 0 Å². The number of hydrogen-bond acceptors (Lipinski definition) is 2. The maximum atomic E-state index is 13.5. The standard InChI is InChI=1S/C9H8Cl2F2O2S/c10-8-3-1-7(2-4-8)9(12,13)5-6-16(11,14)15/h1-4H,5-6H2. The molecule has 1 rings (SSSR count). The fraction of sp³-hybridized carbons (Fsp3) is 0.333. The quantitative estimate of drug-likeness (QED) is 0.796. The van der Waals surface area contributed by atoms with Gasteiger partial charge in [0.1, 0.15) is 0 Å². The summed E-state index contributed by atoms with van der Waals surface area (Å²) in [5.41, 5.74) is -0.280. The number of alkyl halides is 2. The highest BCUT2D eigenvalue weighted by Gasteiger charge is 2.32. The Morgan fingerprint density at radius 1 is 1.19 bits per heavy atom. The summed E-state index contributed by atoms with van der Waals surface area (Å²) in [6.07, 6.45) is -0.847. The first kappa shape index (κ1) is 13.7. The van der Waals surface area contributed by atoms with Crippen LogP contribution in [0.15, 0.2) is 24.3 Å². The molecule has 0 heterocycles. The summed E-state index contributed by atoms with van der Waals surface area (Å²) >= 11 is 5.55. The number of benzene rings is 1. The molecule has 0 amide bonds. The number of hydrogen-bond donors (Lipinski definition) is 0. The van der Waals surface area contributed by atoms with E-state index in [2.05, 4.69) is 0 Å². The van der Waals surface area contributed by atoms with E-state index in [0.717, 1.165) is 12.1 Å². The SMILES string of the molecule is O=S(=O)(Cl)CCC(F)(F)c1ccc(Cl)cc1. The van der Waals surface area contributed by atoms with Crippen molar-refractivity contribution >= 4 is 31.3 Å². The minimum absolute atomic E-state index is 0.280. The van der Waals surface area contributed by atoms with E-state index < -0.39 is 27.1 Å². The Morgan fingerprint density at radius 2 is 1.69 bits per heavy atom. The van der Waals surface area contributed by atoms with Crippen LogP contribution in [-0.4, -0.2) is 14.2 Å². The van der Waals surface area contributed by atoms with Gasteiger partial charge in [-0.15, -0.1) is 0 Å². The Morgan fingerprint density at radius 3 is 2.12 bits per heavy atom. The molecule has 0 fully saturated rings. The molecule has 0 atom stereocenters. The van der Waals surface area contributed by atoms with Crippen molar-refractivity contribution in [1.82, 2.24) is 0 Å². The van der Waals surface area contributed by atoms with E-state index in [1.54, 1.807) is 0 Å². The van der Waals surface area contributed by atoms with Gasteiger partial charge in [-0.05, 0) is 12.1 Å². The van der Waals surface area contributed by atoms with Gasteiger partial charge in [-0.2, -0.15) is 0 Å². The van der Waals surface area contributed by atoms with E-state index in [1.165, 1.54) is 12.1 Å². The second-order valence-electron chi connectivity index (χ2n) is 3.20. The van der Waals surface area contributed by atoms with E-state index in [0.29, 0.717) is 5.02 Å². The van der Waals surface area contributed by atoms with Crippen molar-refractivity contribution in [1.29, 1.82) is 0 Å². The molecule has 0 radical (unpaired) electrons. The van der Waals surface area contributed by atoms with Crippen molar-refractivity contribution < 1.29 is 17.2 Å². The maximum absolute atomic E-state index is 13.5. The van der Waals surface area contributed by atoms with Crippen LogP contribution in [0.25, 0.3) is 0 Å². The molecule has 0 saturated carbocycles. The summed E-state index contributed by atoms with van der Waals surface area (Å²) in [5, 5.41) is 0.338. The highest BCUT2D eigenvalue weighted by Crippen LogP contribution is 2.32. The van der Waals surface area contributed by atoms with Crippen molar-refractivity contribution in [3.63, 3.8) is 0 Å². The van der Waals surface area contributed by atoms with Crippen LogP contribution in [0.4, 0.5) is 8.78 Å². The lowest BCUT2D eigenvalue weighted by molar-refractivity contribution is -0.00736. The molecule has 0 aliphatic heterocycles. The minimum atomic E-state index is -3.91. The fourth-order valence-electron chi connectivity index (χ4n) is 1.09. The molecule has 0 unspecified atom stereocenters. The smallest absolute Gasteiger partial charge is 0.212 e. The zero-order valence-corrected chi connectivity index (χ0v) is 10.3. The van der Waals surface area contributed by atoms with Crippen LogP contribution in [0.5, 0.6) is 0 Å². The molecule has 1 aromatic carbocycles. The largest absolute Gasteiger partial charge is 0.274 e. The third-order valence-corrected chi connectivity index (χ3v) is 3.33. The van der Waals surface area contributed by atoms with Crippen LogP contribution in [0.2, 0.25) is 5.02 Å². The lowest BCUT2D eigenvalue weighted by Gasteiger charge is -2.15. The molecule has 0 aliphatic carbocycles. The van der Waals surface area contributed by atoms with Crippen molar-refractivity contribution in [2.75, 3.05) is 5.75 Å². The first-order valence-corrected chi connectivity index (χ1v) is 7.12. The van der Waals surface area contributed by atoms with E-state index in [9.17, 15) is 17.2 Å². The van der Waals surface area contributed by atoms with Crippen LogP contribution < -0.4 is 0 Å². The molecular formula is C9H8Cl2F2O2S. The Kier molecular flexibility index (Phi) is 4.15. The summed E-state index contributed by atoms with van der Waals surface area (Å²) in [4.78, 5) is 0. The van der Waals surface area contributed by atoms with Crippen LogP contribution in [0, 0.1) is 0 Å². The molecule has 0 bridgehead atoms. The van der Waals surface area contributed by atoms with Crippen molar-refractivity contribution in [2.45, 2.75) is 12.3 Å². The minimum Gasteiger partial charge on any atom is -0.212 e. The van der Waals surface area contributed by atoms with Gasteiger partial charge in [0.25, 0.3) is 5.92 Å². The summed E-state index contributed by atoms with van der Waals surface area (Å²) < 4.78 is 48.1. The Balaban J connectivity index is 2.81. The molecule has 0 spiro atoms. The summed E-state index contributed by atoms with van der Waals surface area (Å²) in [6.45, 7) is 0.